The molecule has 3 unspecified atom stereocenters. The summed E-state index contributed by atoms with van der Waals surface area (Å²) in [6.07, 6.45) is 4.54. The first kappa shape index (κ1) is 15.9. The molecule has 2 aliphatic rings. The van der Waals surface area contributed by atoms with Gasteiger partial charge in [-0.25, -0.2) is 4.79 Å². The zero-order valence-electron chi connectivity index (χ0n) is 13.3. The Hall–Kier alpha value is -1.52. The molecule has 0 saturated carbocycles. The maximum atomic E-state index is 12.2. The van der Waals surface area contributed by atoms with Crippen LogP contribution in [0.3, 0.4) is 0 Å². The van der Waals surface area contributed by atoms with Gasteiger partial charge in [0.1, 0.15) is 5.60 Å². The fourth-order valence-corrected chi connectivity index (χ4v) is 3.05. The highest BCUT2D eigenvalue weighted by molar-refractivity contribution is 5.74. The van der Waals surface area contributed by atoms with Crippen LogP contribution in [0.4, 0.5) is 4.79 Å². The first-order valence-corrected chi connectivity index (χ1v) is 7.63. The van der Waals surface area contributed by atoms with Crippen LogP contribution in [0.2, 0.25) is 0 Å². The normalized spacial score (nSPS) is 28.2. The predicted molar refractivity (Wildman–Crippen MR) is 78.7 cm³/mol. The van der Waals surface area contributed by atoms with E-state index >= 15 is 0 Å². The lowest BCUT2D eigenvalue weighted by atomic mass is 9.78. The van der Waals surface area contributed by atoms with Crippen LogP contribution in [0.1, 0.15) is 34.1 Å². The SMILES string of the molecule is CCOC(=O)C1CC=CC2CN(C(=O)OC(C)(C)C)CC21. The third-order valence-electron chi connectivity index (χ3n) is 3.94. The molecular weight excluding hydrogens is 270 g/mol. The van der Waals surface area contributed by atoms with Crippen molar-refractivity contribution >= 4 is 12.1 Å². The smallest absolute Gasteiger partial charge is 0.410 e. The summed E-state index contributed by atoms with van der Waals surface area (Å²) in [5, 5.41) is 0. The number of rotatable bonds is 2. The summed E-state index contributed by atoms with van der Waals surface area (Å²) in [5.74, 6) is 0.0671. The Balaban J connectivity index is 2.03. The van der Waals surface area contributed by atoms with E-state index < -0.39 is 5.60 Å². The topological polar surface area (TPSA) is 55.8 Å². The van der Waals surface area contributed by atoms with Gasteiger partial charge in [-0.3, -0.25) is 4.79 Å². The van der Waals surface area contributed by atoms with Gasteiger partial charge in [-0.2, -0.15) is 0 Å². The highest BCUT2D eigenvalue weighted by atomic mass is 16.6. The van der Waals surface area contributed by atoms with Crippen LogP contribution in [0.25, 0.3) is 0 Å². The molecule has 5 heteroatoms. The fraction of sp³-hybridized carbons (Fsp3) is 0.750. The molecule has 0 aromatic rings. The van der Waals surface area contributed by atoms with Crippen molar-refractivity contribution in [3.05, 3.63) is 12.2 Å². The van der Waals surface area contributed by atoms with Crippen molar-refractivity contribution in [2.24, 2.45) is 17.8 Å². The molecule has 0 bridgehead atoms. The number of amides is 1. The number of fused-ring (bicyclic) bond motifs is 1. The van der Waals surface area contributed by atoms with Gasteiger partial charge in [0.05, 0.1) is 12.5 Å². The number of carbonyl (C=O) groups excluding carboxylic acids is 2. The van der Waals surface area contributed by atoms with E-state index in [-0.39, 0.29) is 29.8 Å². The zero-order chi connectivity index (χ0) is 15.6. The molecule has 1 aliphatic carbocycles. The molecule has 1 fully saturated rings. The summed E-state index contributed by atoms with van der Waals surface area (Å²) in [4.78, 5) is 25.9. The minimum atomic E-state index is -0.499. The molecule has 0 N–H and O–H groups in total. The Labute approximate surface area is 126 Å². The highest BCUT2D eigenvalue weighted by Gasteiger charge is 2.44. The minimum Gasteiger partial charge on any atom is -0.466 e. The van der Waals surface area contributed by atoms with E-state index in [1.807, 2.05) is 33.8 Å². The van der Waals surface area contributed by atoms with E-state index in [4.69, 9.17) is 9.47 Å². The second-order valence-corrected chi connectivity index (χ2v) is 6.74. The molecule has 0 aromatic carbocycles. The Bertz CT molecular complexity index is 438. The Morgan fingerprint density at radius 3 is 2.62 bits per heavy atom. The van der Waals surface area contributed by atoms with Gasteiger partial charge in [-0.05, 0) is 46.0 Å². The molecule has 21 heavy (non-hydrogen) atoms. The van der Waals surface area contributed by atoms with Crippen molar-refractivity contribution in [1.82, 2.24) is 4.90 Å². The van der Waals surface area contributed by atoms with Crippen LogP contribution in [-0.4, -0.2) is 42.3 Å². The van der Waals surface area contributed by atoms with Crippen molar-refractivity contribution in [3.8, 4) is 0 Å². The summed E-state index contributed by atoms with van der Waals surface area (Å²) in [6.45, 7) is 8.96. The van der Waals surface area contributed by atoms with Gasteiger partial charge in [0.15, 0.2) is 0 Å². The van der Waals surface area contributed by atoms with Crippen LogP contribution in [0.15, 0.2) is 12.2 Å². The lowest BCUT2D eigenvalue weighted by molar-refractivity contribution is -0.150. The highest BCUT2D eigenvalue weighted by Crippen LogP contribution is 2.37. The molecule has 1 amide bonds. The van der Waals surface area contributed by atoms with Crippen LogP contribution in [-0.2, 0) is 14.3 Å². The molecule has 2 rings (SSSR count). The van der Waals surface area contributed by atoms with Crippen LogP contribution in [0, 0.1) is 17.8 Å². The third-order valence-corrected chi connectivity index (χ3v) is 3.94. The molecule has 1 saturated heterocycles. The molecule has 0 aromatic heterocycles. The second-order valence-electron chi connectivity index (χ2n) is 6.74. The van der Waals surface area contributed by atoms with Gasteiger partial charge in [0.2, 0.25) is 0 Å². The Morgan fingerprint density at radius 2 is 2.00 bits per heavy atom. The van der Waals surface area contributed by atoms with E-state index in [9.17, 15) is 9.59 Å². The minimum absolute atomic E-state index is 0.140. The number of likely N-dealkylation sites (tertiary alicyclic amines) is 1. The molecule has 1 heterocycles. The molecule has 5 nitrogen and oxygen atoms in total. The monoisotopic (exact) mass is 295 g/mol. The number of allylic oxidation sites excluding steroid dienone is 1. The number of esters is 1. The van der Waals surface area contributed by atoms with Gasteiger partial charge in [-0.15, -0.1) is 0 Å². The average molecular weight is 295 g/mol. The number of hydrogen-bond donors (Lipinski definition) is 0. The summed E-state index contributed by atoms with van der Waals surface area (Å²) >= 11 is 0. The van der Waals surface area contributed by atoms with E-state index in [1.54, 1.807) is 4.90 Å². The average Bonchev–Trinajstić information content (AvgIpc) is 2.80. The molecule has 118 valence electrons. The van der Waals surface area contributed by atoms with E-state index in [0.29, 0.717) is 26.1 Å². The maximum absolute atomic E-state index is 12.2. The fourth-order valence-electron chi connectivity index (χ4n) is 3.05. The zero-order valence-corrected chi connectivity index (χ0v) is 13.3. The summed E-state index contributed by atoms with van der Waals surface area (Å²) in [6, 6.07) is 0. The first-order chi connectivity index (χ1) is 9.81. The van der Waals surface area contributed by atoms with Gasteiger partial charge >= 0.3 is 12.1 Å². The van der Waals surface area contributed by atoms with E-state index in [1.165, 1.54) is 0 Å². The van der Waals surface area contributed by atoms with E-state index in [2.05, 4.69) is 6.08 Å². The van der Waals surface area contributed by atoms with Crippen LogP contribution < -0.4 is 0 Å². The Morgan fingerprint density at radius 1 is 1.29 bits per heavy atom. The Kier molecular flexibility index (Phi) is 4.59. The quantitative estimate of drug-likeness (QED) is 0.580. The number of nitrogens with zero attached hydrogens (tertiary/aromatic N) is 1. The van der Waals surface area contributed by atoms with Gasteiger partial charge in [0.25, 0.3) is 0 Å². The van der Waals surface area contributed by atoms with Crippen molar-refractivity contribution in [3.63, 3.8) is 0 Å². The molecular formula is C16H25NO4. The van der Waals surface area contributed by atoms with Gasteiger partial charge < -0.3 is 14.4 Å². The predicted octanol–water partition coefficient (Wildman–Crippen LogP) is 2.61. The molecule has 0 spiro atoms. The van der Waals surface area contributed by atoms with Crippen LogP contribution >= 0.6 is 0 Å². The summed E-state index contributed by atoms with van der Waals surface area (Å²) < 4.78 is 10.6. The first-order valence-electron chi connectivity index (χ1n) is 7.63. The lowest BCUT2D eigenvalue weighted by Crippen LogP contribution is -2.36. The van der Waals surface area contributed by atoms with Crippen molar-refractivity contribution in [1.29, 1.82) is 0 Å². The second kappa shape index (κ2) is 6.08. The maximum Gasteiger partial charge on any atom is 0.410 e. The number of hydrogen-bond acceptors (Lipinski definition) is 4. The van der Waals surface area contributed by atoms with Gasteiger partial charge in [0, 0.05) is 13.1 Å². The lowest BCUT2D eigenvalue weighted by Gasteiger charge is -2.27. The summed E-state index contributed by atoms with van der Waals surface area (Å²) in [5.41, 5.74) is -0.499. The molecule has 3 atom stereocenters. The van der Waals surface area contributed by atoms with Crippen LogP contribution in [0.5, 0.6) is 0 Å². The largest absolute Gasteiger partial charge is 0.466 e. The van der Waals surface area contributed by atoms with Crippen molar-refractivity contribution in [2.75, 3.05) is 19.7 Å². The number of ether oxygens (including phenoxy) is 2. The standard InChI is InChI=1S/C16H25NO4/c1-5-20-14(18)12-8-6-7-11-9-17(10-13(11)12)15(19)21-16(2,3)4/h6-7,11-13H,5,8-10H2,1-4H3. The summed E-state index contributed by atoms with van der Waals surface area (Å²) in [7, 11) is 0. The third kappa shape index (κ3) is 3.77. The number of carbonyl (C=O) groups is 2. The van der Waals surface area contributed by atoms with Crippen molar-refractivity contribution in [2.45, 2.75) is 39.7 Å². The molecule has 0 radical (unpaired) electrons. The van der Waals surface area contributed by atoms with Crippen molar-refractivity contribution < 1.29 is 19.1 Å². The van der Waals surface area contributed by atoms with E-state index in [0.717, 1.165) is 0 Å². The molecule has 1 aliphatic heterocycles. The van der Waals surface area contributed by atoms with Gasteiger partial charge in [-0.1, -0.05) is 12.2 Å².